The first-order valence-corrected chi connectivity index (χ1v) is 9.59. The number of hydrogen-bond donors (Lipinski definition) is 2. The maximum absolute atomic E-state index is 12.7. The summed E-state index contributed by atoms with van der Waals surface area (Å²) < 4.78 is 0. The van der Waals surface area contributed by atoms with E-state index in [2.05, 4.69) is 5.48 Å². The summed E-state index contributed by atoms with van der Waals surface area (Å²) in [4.78, 5) is 20.2. The maximum atomic E-state index is 12.7. The molecule has 1 aliphatic carbocycles. The standard InChI is InChI=1S/C20H30N2O3/c23-12-11-22-14-19(21-25-15-17-9-5-2-6-10-17)18(20(22)24)13-16-7-3-1-4-8-16/h2,5-6,9-10,16,18-19,21,23H,1,3-4,7-8,11-15H2/t18-,19+/m0/s1. The van der Waals surface area contributed by atoms with Crippen molar-refractivity contribution in [2.45, 2.75) is 51.2 Å². The smallest absolute Gasteiger partial charge is 0.227 e. The highest BCUT2D eigenvalue weighted by atomic mass is 16.6. The normalized spacial score (nSPS) is 24.8. The van der Waals surface area contributed by atoms with E-state index in [0.717, 1.165) is 12.0 Å². The molecule has 2 aliphatic rings. The van der Waals surface area contributed by atoms with Crippen molar-refractivity contribution in [1.82, 2.24) is 10.4 Å². The summed E-state index contributed by atoms with van der Waals surface area (Å²) in [5, 5.41) is 9.22. The number of nitrogens with one attached hydrogen (secondary N) is 1. The first kappa shape index (κ1) is 18.4. The predicted octanol–water partition coefficient (Wildman–Crippen LogP) is 2.50. The van der Waals surface area contributed by atoms with Gasteiger partial charge >= 0.3 is 0 Å². The molecule has 1 aromatic rings. The molecule has 0 aromatic heterocycles. The second-order valence-electron chi connectivity index (χ2n) is 7.35. The van der Waals surface area contributed by atoms with Gasteiger partial charge in [-0.2, -0.15) is 5.48 Å². The molecular weight excluding hydrogens is 316 g/mol. The van der Waals surface area contributed by atoms with Gasteiger partial charge in [-0.1, -0.05) is 62.4 Å². The number of amides is 1. The van der Waals surface area contributed by atoms with Crippen LogP contribution in [0.15, 0.2) is 30.3 Å². The van der Waals surface area contributed by atoms with Gasteiger partial charge in [-0.25, -0.2) is 0 Å². The van der Waals surface area contributed by atoms with Gasteiger partial charge in [-0.15, -0.1) is 0 Å². The number of nitrogens with zero attached hydrogens (tertiary/aromatic N) is 1. The Labute approximate surface area is 150 Å². The van der Waals surface area contributed by atoms with Crippen molar-refractivity contribution in [2.75, 3.05) is 19.7 Å². The minimum absolute atomic E-state index is 0.00434. The van der Waals surface area contributed by atoms with Crippen molar-refractivity contribution < 1.29 is 14.7 Å². The number of rotatable bonds is 8. The molecule has 2 N–H and O–H groups in total. The molecule has 5 nitrogen and oxygen atoms in total. The molecule has 1 aromatic carbocycles. The Balaban J connectivity index is 1.56. The first-order chi connectivity index (χ1) is 12.3. The minimum Gasteiger partial charge on any atom is -0.395 e. The number of β-amino-alcohol motifs (C(OH)–C–C–N with tert-alkyl or cyclic N) is 1. The molecule has 5 heteroatoms. The molecule has 3 rings (SSSR count). The van der Waals surface area contributed by atoms with Crippen LogP contribution in [-0.2, 0) is 16.2 Å². The first-order valence-electron chi connectivity index (χ1n) is 9.59. The van der Waals surface area contributed by atoms with E-state index < -0.39 is 0 Å². The monoisotopic (exact) mass is 346 g/mol. The fourth-order valence-corrected chi connectivity index (χ4v) is 4.16. The third-order valence-corrected chi connectivity index (χ3v) is 5.53. The number of hydroxylamine groups is 1. The summed E-state index contributed by atoms with van der Waals surface area (Å²) in [6.07, 6.45) is 7.31. The van der Waals surface area contributed by atoms with E-state index >= 15 is 0 Å². The molecule has 2 fully saturated rings. The Morgan fingerprint density at radius 3 is 2.64 bits per heavy atom. The number of carbonyl (C=O) groups is 1. The van der Waals surface area contributed by atoms with E-state index in [-0.39, 0.29) is 24.5 Å². The molecule has 1 heterocycles. The van der Waals surface area contributed by atoms with Gasteiger partial charge in [0, 0.05) is 13.1 Å². The lowest BCUT2D eigenvalue weighted by Crippen LogP contribution is -2.37. The number of hydrogen-bond acceptors (Lipinski definition) is 4. The van der Waals surface area contributed by atoms with Crippen LogP contribution in [0.5, 0.6) is 0 Å². The fourth-order valence-electron chi connectivity index (χ4n) is 4.16. The number of benzene rings is 1. The van der Waals surface area contributed by atoms with Crippen LogP contribution in [0.2, 0.25) is 0 Å². The zero-order valence-corrected chi connectivity index (χ0v) is 14.9. The van der Waals surface area contributed by atoms with Crippen LogP contribution < -0.4 is 5.48 Å². The van der Waals surface area contributed by atoms with Crippen molar-refractivity contribution in [3.05, 3.63) is 35.9 Å². The van der Waals surface area contributed by atoms with Crippen molar-refractivity contribution in [1.29, 1.82) is 0 Å². The lowest BCUT2D eigenvalue weighted by molar-refractivity contribution is -0.132. The summed E-state index contributed by atoms with van der Waals surface area (Å²) in [5.41, 5.74) is 4.25. The van der Waals surface area contributed by atoms with E-state index in [1.807, 2.05) is 30.3 Å². The molecule has 0 spiro atoms. The van der Waals surface area contributed by atoms with Crippen molar-refractivity contribution in [3.8, 4) is 0 Å². The molecule has 0 radical (unpaired) electrons. The summed E-state index contributed by atoms with van der Waals surface area (Å²) >= 11 is 0. The van der Waals surface area contributed by atoms with Crippen LogP contribution in [0, 0.1) is 11.8 Å². The highest BCUT2D eigenvalue weighted by molar-refractivity contribution is 5.82. The van der Waals surface area contributed by atoms with Crippen LogP contribution in [0.4, 0.5) is 0 Å². The quantitative estimate of drug-likeness (QED) is 0.710. The SMILES string of the molecule is O=C1[C@@H](CC2CCCCC2)[C@H](NOCc2ccccc2)CN1CCO. The zero-order valence-electron chi connectivity index (χ0n) is 14.9. The van der Waals surface area contributed by atoms with Crippen LogP contribution in [0.1, 0.15) is 44.1 Å². The molecule has 1 saturated heterocycles. The Hall–Kier alpha value is -1.43. The highest BCUT2D eigenvalue weighted by Gasteiger charge is 2.41. The topological polar surface area (TPSA) is 61.8 Å². The van der Waals surface area contributed by atoms with Gasteiger partial charge in [0.15, 0.2) is 0 Å². The van der Waals surface area contributed by atoms with Crippen LogP contribution in [0.25, 0.3) is 0 Å². The van der Waals surface area contributed by atoms with Crippen LogP contribution in [-0.4, -0.2) is 41.7 Å². The number of aliphatic hydroxyl groups excluding tert-OH is 1. The minimum atomic E-state index is -0.0366. The van der Waals surface area contributed by atoms with Gasteiger partial charge < -0.3 is 10.0 Å². The van der Waals surface area contributed by atoms with Crippen LogP contribution in [0.3, 0.4) is 0 Å². The molecule has 1 saturated carbocycles. The summed E-state index contributed by atoms with van der Waals surface area (Å²) in [6.45, 7) is 1.53. The molecule has 25 heavy (non-hydrogen) atoms. The lowest BCUT2D eigenvalue weighted by Gasteiger charge is -2.26. The second kappa shape index (κ2) is 9.32. The highest BCUT2D eigenvalue weighted by Crippen LogP contribution is 2.33. The van der Waals surface area contributed by atoms with E-state index in [4.69, 9.17) is 4.84 Å². The van der Waals surface area contributed by atoms with Crippen molar-refractivity contribution in [2.24, 2.45) is 11.8 Å². The van der Waals surface area contributed by atoms with Gasteiger partial charge in [-0.3, -0.25) is 9.63 Å². The van der Waals surface area contributed by atoms with Crippen molar-refractivity contribution in [3.63, 3.8) is 0 Å². The third-order valence-electron chi connectivity index (χ3n) is 5.53. The third kappa shape index (κ3) is 5.03. The summed E-state index contributed by atoms with van der Waals surface area (Å²) in [5.74, 6) is 0.779. The van der Waals surface area contributed by atoms with E-state index in [0.29, 0.717) is 25.6 Å². The Morgan fingerprint density at radius 1 is 1.16 bits per heavy atom. The number of aliphatic hydroxyl groups is 1. The summed E-state index contributed by atoms with van der Waals surface area (Å²) in [7, 11) is 0. The molecular formula is C20H30N2O3. The zero-order chi connectivity index (χ0) is 17.5. The molecule has 138 valence electrons. The number of carbonyl (C=O) groups excluding carboxylic acids is 1. The van der Waals surface area contributed by atoms with E-state index in [9.17, 15) is 9.90 Å². The molecule has 0 unspecified atom stereocenters. The van der Waals surface area contributed by atoms with Gasteiger partial charge in [0.2, 0.25) is 5.91 Å². The van der Waals surface area contributed by atoms with E-state index in [1.165, 1.54) is 32.1 Å². The predicted molar refractivity (Wildman–Crippen MR) is 96.5 cm³/mol. The Bertz CT molecular complexity index is 531. The van der Waals surface area contributed by atoms with E-state index in [1.54, 1.807) is 4.90 Å². The van der Waals surface area contributed by atoms with Gasteiger partial charge in [0.05, 0.1) is 25.2 Å². The van der Waals surface area contributed by atoms with Gasteiger partial charge in [-0.05, 0) is 17.9 Å². The average molecular weight is 346 g/mol. The average Bonchev–Trinajstić information content (AvgIpc) is 2.93. The number of likely N-dealkylation sites (tertiary alicyclic amines) is 1. The lowest BCUT2D eigenvalue weighted by atomic mass is 9.81. The van der Waals surface area contributed by atoms with Crippen molar-refractivity contribution >= 4 is 5.91 Å². The fraction of sp³-hybridized carbons (Fsp3) is 0.650. The van der Waals surface area contributed by atoms with Crippen LogP contribution >= 0.6 is 0 Å². The largest absolute Gasteiger partial charge is 0.395 e. The Morgan fingerprint density at radius 2 is 1.92 bits per heavy atom. The molecule has 2 atom stereocenters. The molecule has 1 aliphatic heterocycles. The Kier molecular flexibility index (Phi) is 6.84. The summed E-state index contributed by atoms with van der Waals surface area (Å²) in [6, 6.07) is 10.0. The molecule has 1 amide bonds. The maximum Gasteiger partial charge on any atom is 0.227 e. The van der Waals surface area contributed by atoms with Gasteiger partial charge in [0.25, 0.3) is 0 Å². The second-order valence-corrected chi connectivity index (χ2v) is 7.35. The van der Waals surface area contributed by atoms with Gasteiger partial charge in [0.1, 0.15) is 0 Å². The molecule has 0 bridgehead atoms.